The maximum absolute atomic E-state index is 12.5. The van der Waals surface area contributed by atoms with Gasteiger partial charge in [0.25, 0.3) is 0 Å². The van der Waals surface area contributed by atoms with Gasteiger partial charge in [0, 0.05) is 30.4 Å². The normalized spacial score (nSPS) is 15.1. The molecular formula is C22H23N3O5. The van der Waals surface area contributed by atoms with Crippen LogP contribution in [0.5, 0.6) is 17.2 Å². The smallest absolute Gasteiger partial charge is 0.227 e. The van der Waals surface area contributed by atoms with Gasteiger partial charge in [-0.25, -0.2) is 0 Å². The Kier molecular flexibility index (Phi) is 5.83. The maximum atomic E-state index is 12.5. The fourth-order valence-corrected chi connectivity index (χ4v) is 3.43. The van der Waals surface area contributed by atoms with Crippen molar-refractivity contribution in [3.8, 4) is 28.6 Å². The van der Waals surface area contributed by atoms with Crippen LogP contribution in [0.2, 0.25) is 0 Å². The molecule has 0 bridgehead atoms. The number of carbonyl (C=O) groups is 1. The van der Waals surface area contributed by atoms with Crippen molar-refractivity contribution in [3.05, 3.63) is 53.9 Å². The second-order valence-electron chi connectivity index (χ2n) is 6.88. The second-order valence-corrected chi connectivity index (χ2v) is 6.88. The summed E-state index contributed by atoms with van der Waals surface area (Å²) in [6.45, 7) is 0.584. The summed E-state index contributed by atoms with van der Waals surface area (Å²) in [6.07, 6.45) is 1.36. The van der Waals surface area contributed by atoms with Gasteiger partial charge in [0.1, 0.15) is 5.75 Å². The summed E-state index contributed by atoms with van der Waals surface area (Å²) in [6, 6.07) is 13.1. The van der Waals surface area contributed by atoms with Gasteiger partial charge in [-0.15, -0.1) is 0 Å². The number of rotatable bonds is 7. The third kappa shape index (κ3) is 4.22. The Hall–Kier alpha value is -3.55. The van der Waals surface area contributed by atoms with Crippen LogP contribution in [-0.4, -0.2) is 36.9 Å². The summed E-state index contributed by atoms with van der Waals surface area (Å²) in [4.78, 5) is 16.8. The van der Waals surface area contributed by atoms with Crippen molar-refractivity contribution in [2.24, 2.45) is 0 Å². The van der Waals surface area contributed by atoms with Crippen LogP contribution in [0.1, 0.15) is 30.3 Å². The summed E-state index contributed by atoms with van der Waals surface area (Å²) >= 11 is 0. The number of nitrogens with one attached hydrogen (secondary N) is 1. The molecule has 0 radical (unpaired) electrons. The Morgan fingerprint density at radius 1 is 1.17 bits per heavy atom. The van der Waals surface area contributed by atoms with Crippen LogP contribution in [0.4, 0.5) is 0 Å². The van der Waals surface area contributed by atoms with E-state index in [2.05, 4.69) is 15.5 Å². The molecule has 2 heterocycles. The van der Waals surface area contributed by atoms with Crippen LogP contribution >= 0.6 is 0 Å². The first-order chi connectivity index (χ1) is 14.7. The Morgan fingerprint density at radius 3 is 2.83 bits per heavy atom. The van der Waals surface area contributed by atoms with Gasteiger partial charge in [0.05, 0.1) is 26.9 Å². The summed E-state index contributed by atoms with van der Waals surface area (Å²) in [5.74, 6) is 2.80. The number of nitrogens with zero attached hydrogens (tertiary/aromatic N) is 2. The minimum Gasteiger partial charge on any atom is -0.493 e. The predicted molar refractivity (Wildman–Crippen MR) is 109 cm³/mol. The quantitative estimate of drug-likeness (QED) is 0.639. The SMILES string of the molecule is COc1ccc(-c2noc(CCC(=O)N[C@H]3CCOc4ccccc43)n2)cc1OC. The van der Waals surface area contributed by atoms with Crippen molar-refractivity contribution in [1.29, 1.82) is 0 Å². The fourth-order valence-electron chi connectivity index (χ4n) is 3.43. The second kappa shape index (κ2) is 8.86. The van der Waals surface area contributed by atoms with E-state index in [4.69, 9.17) is 18.7 Å². The average molecular weight is 409 g/mol. The van der Waals surface area contributed by atoms with E-state index in [0.29, 0.717) is 36.2 Å². The largest absolute Gasteiger partial charge is 0.493 e. The van der Waals surface area contributed by atoms with Crippen LogP contribution in [0.15, 0.2) is 47.0 Å². The van der Waals surface area contributed by atoms with E-state index in [9.17, 15) is 4.79 Å². The molecule has 8 nitrogen and oxygen atoms in total. The number of aryl methyl sites for hydroxylation is 1. The number of aromatic nitrogens is 2. The molecule has 0 unspecified atom stereocenters. The van der Waals surface area contributed by atoms with Crippen molar-refractivity contribution in [3.63, 3.8) is 0 Å². The zero-order valence-corrected chi connectivity index (χ0v) is 16.9. The lowest BCUT2D eigenvalue weighted by Gasteiger charge is -2.26. The molecule has 1 N–H and O–H groups in total. The van der Waals surface area contributed by atoms with Crippen molar-refractivity contribution >= 4 is 5.91 Å². The lowest BCUT2D eigenvalue weighted by molar-refractivity contribution is -0.122. The topological polar surface area (TPSA) is 95.7 Å². The highest BCUT2D eigenvalue weighted by atomic mass is 16.5. The minimum absolute atomic E-state index is 0.0486. The molecule has 1 atom stereocenters. The van der Waals surface area contributed by atoms with Gasteiger partial charge in [-0.05, 0) is 24.3 Å². The molecule has 1 aliphatic heterocycles. The van der Waals surface area contributed by atoms with Crippen molar-refractivity contribution in [1.82, 2.24) is 15.5 Å². The van der Waals surface area contributed by atoms with Gasteiger partial charge in [0.15, 0.2) is 11.5 Å². The Bertz CT molecular complexity index is 1030. The monoisotopic (exact) mass is 409 g/mol. The summed E-state index contributed by atoms with van der Waals surface area (Å²) < 4.78 is 21.5. The molecule has 3 aromatic rings. The fraction of sp³-hybridized carbons (Fsp3) is 0.318. The zero-order chi connectivity index (χ0) is 20.9. The standard InChI is InChI=1S/C22H23N3O5/c1-27-18-8-7-14(13-19(18)28-2)22-24-21(30-25-22)10-9-20(26)23-16-11-12-29-17-6-4-3-5-15(16)17/h3-8,13,16H,9-12H2,1-2H3,(H,23,26)/t16-/m0/s1. The van der Waals surface area contributed by atoms with E-state index in [1.54, 1.807) is 26.4 Å². The number of carbonyl (C=O) groups excluding carboxylic acids is 1. The summed E-state index contributed by atoms with van der Waals surface area (Å²) in [7, 11) is 3.15. The first-order valence-electron chi connectivity index (χ1n) is 9.74. The number of hydrogen-bond acceptors (Lipinski definition) is 7. The first kappa shape index (κ1) is 19.8. The summed E-state index contributed by atoms with van der Waals surface area (Å²) in [5.41, 5.74) is 1.75. The number of ether oxygens (including phenoxy) is 3. The third-order valence-electron chi connectivity index (χ3n) is 4.97. The van der Waals surface area contributed by atoms with Crippen LogP contribution in [-0.2, 0) is 11.2 Å². The van der Waals surface area contributed by atoms with Gasteiger partial charge < -0.3 is 24.1 Å². The lowest BCUT2D eigenvalue weighted by Crippen LogP contribution is -2.32. The van der Waals surface area contributed by atoms with Gasteiger partial charge in [0.2, 0.25) is 17.6 Å². The van der Waals surface area contributed by atoms with Gasteiger partial charge in [-0.3, -0.25) is 4.79 Å². The molecule has 8 heteroatoms. The van der Waals surface area contributed by atoms with E-state index in [1.807, 2.05) is 30.3 Å². The molecule has 156 valence electrons. The predicted octanol–water partition coefficient (Wildman–Crippen LogP) is 3.33. The van der Waals surface area contributed by atoms with Crippen LogP contribution < -0.4 is 19.5 Å². The van der Waals surface area contributed by atoms with Crippen molar-refractivity contribution in [2.45, 2.75) is 25.3 Å². The highest BCUT2D eigenvalue weighted by Crippen LogP contribution is 2.32. The molecule has 0 saturated heterocycles. The molecule has 1 aliphatic rings. The van der Waals surface area contributed by atoms with Crippen LogP contribution in [0.3, 0.4) is 0 Å². The number of benzene rings is 2. The molecule has 1 amide bonds. The molecular weight excluding hydrogens is 386 g/mol. The number of amides is 1. The Labute approximate surface area is 174 Å². The highest BCUT2D eigenvalue weighted by Gasteiger charge is 2.22. The Balaban J connectivity index is 1.36. The molecule has 2 aromatic carbocycles. The van der Waals surface area contributed by atoms with E-state index >= 15 is 0 Å². The van der Waals surface area contributed by atoms with Crippen LogP contribution in [0, 0.1) is 0 Å². The number of methoxy groups -OCH3 is 2. The first-order valence-corrected chi connectivity index (χ1v) is 9.74. The molecule has 4 rings (SSSR count). The minimum atomic E-state index is -0.0671. The van der Waals surface area contributed by atoms with Gasteiger partial charge in [-0.1, -0.05) is 23.4 Å². The molecule has 0 saturated carbocycles. The van der Waals surface area contributed by atoms with Gasteiger partial charge >= 0.3 is 0 Å². The van der Waals surface area contributed by atoms with E-state index in [1.165, 1.54) is 0 Å². The van der Waals surface area contributed by atoms with Crippen LogP contribution in [0.25, 0.3) is 11.4 Å². The number of hydrogen-bond donors (Lipinski definition) is 1. The Morgan fingerprint density at radius 2 is 2.00 bits per heavy atom. The highest BCUT2D eigenvalue weighted by molar-refractivity contribution is 5.76. The number of fused-ring (bicyclic) bond motifs is 1. The zero-order valence-electron chi connectivity index (χ0n) is 16.9. The average Bonchev–Trinajstić information content (AvgIpc) is 3.26. The van der Waals surface area contributed by atoms with Crippen molar-refractivity contribution in [2.75, 3.05) is 20.8 Å². The van der Waals surface area contributed by atoms with Gasteiger partial charge in [-0.2, -0.15) is 4.98 Å². The van der Waals surface area contributed by atoms with Crippen molar-refractivity contribution < 1.29 is 23.5 Å². The molecule has 0 fully saturated rings. The van der Waals surface area contributed by atoms with E-state index in [0.717, 1.165) is 23.3 Å². The van der Waals surface area contributed by atoms with E-state index in [-0.39, 0.29) is 18.4 Å². The lowest BCUT2D eigenvalue weighted by atomic mass is 10.0. The maximum Gasteiger partial charge on any atom is 0.227 e. The summed E-state index contributed by atoms with van der Waals surface area (Å²) in [5, 5.41) is 7.08. The number of para-hydroxylation sites is 1. The third-order valence-corrected chi connectivity index (χ3v) is 4.97. The molecule has 0 spiro atoms. The molecule has 0 aliphatic carbocycles. The molecule has 30 heavy (non-hydrogen) atoms. The molecule has 1 aromatic heterocycles. The van der Waals surface area contributed by atoms with E-state index < -0.39 is 0 Å².